The summed E-state index contributed by atoms with van der Waals surface area (Å²) in [6.07, 6.45) is 0. The van der Waals surface area contributed by atoms with Gasteiger partial charge >= 0.3 is 0 Å². The molecule has 0 saturated carbocycles. The van der Waals surface area contributed by atoms with Crippen LogP contribution in [0.25, 0.3) is 0 Å². The van der Waals surface area contributed by atoms with Crippen molar-refractivity contribution >= 4 is 5.96 Å². The molecule has 0 aromatic carbocycles. The van der Waals surface area contributed by atoms with Crippen LogP contribution in [0.4, 0.5) is 0 Å². The normalized spacial score (nSPS) is 6.60. The zero-order valence-electron chi connectivity index (χ0n) is 2.52. The molecule has 0 spiro atoms. The Morgan fingerprint density at radius 1 is 2.00 bits per heavy atom. The third-order valence-electron chi connectivity index (χ3n) is 0.120. The van der Waals surface area contributed by atoms with E-state index in [0.29, 0.717) is 0 Å². The number of guanidine groups is 1. The maximum Gasteiger partial charge on any atom is 0.203 e. The Morgan fingerprint density at radius 2 is 2.20 bits per heavy atom. The molecule has 4 N–H and O–H groups in total. The second kappa shape index (κ2) is 1.54. The van der Waals surface area contributed by atoms with E-state index in [1.165, 1.54) is 5.43 Å². The molecule has 0 atom stereocenters. The molecule has 0 aliphatic rings. The predicted molar refractivity (Wildman–Crippen MR) is 17.2 cm³/mol. The molecule has 0 unspecified atom stereocenters. The Bertz CT molecular complexity index is 38.9. The third-order valence-corrected chi connectivity index (χ3v) is 0.120. The Balaban J connectivity index is 2.85. The summed E-state index contributed by atoms with van der Waals surface area (Å²) in [6, 6.07) is 0. The molecule has 0 fully saturated rings. The van der Waals surface area contributed by atoms with Crippen LogP contribution in [-0.2, 0) is 0 Å². The van der Waals surface area contributed by atoms with Crippen LogP contribution in [0.5, 0.6) is 0 Å². The van der Waals surface area contributed by atoms with E-state index < -0.39 is 5.96 Å². The van der Waals surface area contributed by atoms with Crippen LogP contribution in [0.15, 0.2) is 0 Å². The molecule has 5 heavy (non-hydrogen) atoms. The molecule has 2 radical (unpaired) electrons. The van der Waals surface area contributed by atoms with Gasteiger partial charge < -0.3 is 5.73 Å². The van der Waals surface area contributed by atoms with Gasteiger partial charge in [0.05, 0.1) is 0 Å². The molecule has 0 bridgehead atoms. The molecule has 0 aromatic heterocycles. The van der Waals surface area contributed by atoms with Crippen molar-refractivity contribution in [1.29, 1.82) is 5.41 Å². The Kier molecular flexibility index (Phi) is 1.30. The zero-order valence-corrected chi connectivity index (χ0v) is 2.52. The number of hydrogen-bond donors (Lipinski definition) is 3. The minimum Gasteiger partial charge on any atom is -0.369 e. The second-order valence-corrected chi connectivity index (χ2v) is 0.525. The number of hydrogen-bond acceptors (Lipinski definition) is 1. The first-order chi connectivity index (χ1) is 2.27. The summed E-state index contributed by atoms with van der Waals surface area (Å²) in [7, 11) is 0. The standard InChI is InChI=1S/CH4N4/c2-1(3)5-4/h(H4,2,3,5). The number of nitrogens with one attached hydrogen (secondary N) is 2. The van der Waals surface area contributed by atoms with Crippen molar-refractivity contribution in [3.8, 4) is 0 Å². The van der Waals surface area contributed by atoms with Gasteiger partial charge in [-0.25, -0.2) is 0 Å². The van der Waals surface area contributed by atoms with Crippen molar-refractivity contribution in [1.82, 2.24) is 11.3 Å². The van der Waals surface area contributed by atoms with Crippen molar-refractivity contribution < 1.29 is 0 Å². The lowest BCUT2D eigenvalue weighted by Gasteiger charge is -1.81. The largest absolute Gasteiger partial charge is 0.369 e. The van der Waals surface area contributed by atoms with Gasteiger partial charge in [0.2, 0.25) is 5.96 Å². The highest BCUT2D eigenvalue weighted by Crippen LogP contribution is 1.28. The van der Waals surface area contributed by atoms with E-state index in [1.807, 2.05) is 0 Å². The maximum absolute atomic E-state index is 7.54. The van der Waals surface area contributed by atoms with E-state index in [2.05, 4.69) is 5.73 Å². The Morgan fingerprint density at radius 3 is 2.20 bits per heavy atom. The third kappa shape index (κ3) is 3.23. The van der Waals surface area contributed by atoms with Crippen molar-refractivity contribution in [2.24, 2.45) is 5.73 Å². The minimum atomic E-state index is -0.440. The number of rotatable bonds is 0. The highest BCUT2D eigenvalue weighted by molar-refractivity contribution is 5.73. The van der Waals surface area contributed by atoms with Crippen molar-refractivity contribution in [2.75, 3.05) is 0 Å². The molecule has 0 saturated heterocycles. The van der Waals surface area contributed by atoms with Crippen LogP contribution in [0.3, 0.4) is 0 Å². The molecule has 0 aliphatic heterocycles. The zero-order chi connectivity index (χ0) is 4.28. The van der Waals surface area contributed by atoms with Gasteiger partial charge in [0.25, 0.3) is 0 Å². The molecule has 0 aromatic rings. The lowest BCUT2D eigenvalue weighted by atomic mass is 11.1. The van der Waals surface area contributed by atoms with E-state index >= 15 is 0 Å². The van der Waals surface area contributed by atoms with Crippen molar-refractivity contribution in [3.05, 3.63) is 0 Å². The summed E-state index contributed by atoms with van der Waals surface area (Å²) in [5.41, 5.74) is 5.90. The van der Waals surface area contributed by atoms with Gasteiger partial charge in [-0.1, -0.05) is 0 Å². The second-order valence-electron chi connectivity index (χ2n) is 0.525. The van der Waals surface area contributed by atoms with Gasteiger partial charge in [-0.2, -0.15) is 0 Å². The van der Waals surface area contributed by atoms with Gasteiger partial charge in [0, 0.05) is 0 Å². The van der Waals surface area contributed by atoms with Crippen LogP contribution in [0.1, 0.15) is 0 Å². The molecule has 0 rings (SSSR count). The Labute approximate surface area is 29.6 Å². The summed E-state index contributed by atoms with van der Waals surface area (Å²) in [5.74, 6) is 7.10. The summed E-state index contributed by atoms with van der Waals surface area (Å²) in [6.45, 7) is 0. The minimum absolute atomic E-state index is 0.440. The average molecular weight is 72.1 g/mol. The lowest BCUT2D eigenvalue weighted by Crippen LogP contribution is -2.28. The monoisotopic (exact) mass is 72.0 g/mol. The fourth-order valence-corrected chi connectivity index (χ4v) is 0. The smallest absolute Gasteiger partial charge is 0.203 e. The van der Waals surface area contributed by atoms with Crippen LogP contribution in [0.2, 0.25) is 0 Å². The van der Waals surface area contributed by atoms with E-state index in [9.17, 15) is 0 Å². The van der Waals surface area contributed by atoms with E-state index in [4.69, 9.17) is 11.3 Å². The number of nitrogens with zero attached hydrogens (tertiary/aromatic N) is 1. The molecule has 0 heterocycles. The van der Waals surface area contributed by atoms with Gasteiger partial charge in [0.15, 0.2) is 0 Å². The molecular formula is CH4N4. The molecule has 4 heteroatoms. The quantitative estimate of drug-likeness (QED) is 0.184. The molecular weight excluding hydrogens is 68.0 g/mol. The van der Waals surface area contributed by atoms with Crippen LogP contribution in [0, 0.1) is 5.41 Å². The lowest BCUT2D eigenvalue weighted by molar-refractivity contribution is 0.953. The highest BCUT2D eigenvalue weighted by Gasteiger charge is 1.69. The van der Waals surface area contributed by atoms with Gasteiger partial charge in [-0.05, 0) is 5.84 Å². The SMILES string of the molecule is [N]NC(=N)N. The maximum atomic E-state index is 7.54. The average Bonchev–Trinajstić information content (AvgIpc) is 1.38. The van der Waals surface area contributed by atoms with Crippen LogP contribution in [-0.4, -0.2) is 5.96 Å². The molecule has 0 amide bonds. The van der Waals surface area contributed by atoms with E-state index in [-0.39, 0.29) is 0 Å². The van der Waals surface area contributed by atoms with Gasteiger partial charge in [0.1, 0.15) is 0 Å². The number of nitrogens with two attached hydrogens (primary N) is 1. The van der Waals surface area contributed by atoms with Crippen molar-refractivity contribution in [2.45, 2.75) is 0 Å². The first kappa shape index (κ1) is 4.23. The fraction of sp³-hybridized carbons (Fsp3) is 0. The van der Waals surface area contributed by atoms with Gasteiger partial charge in [-0.3, -0.25) is 10.8 Å². The first-order valence-electron chi connectivity index (χ1n) is 1.01. The predicted octanol–water partition coefficient (Wildman–Crippen LogP) is -1.55. The van der Waals surface area contributed by atoms with Crippen LogP contribution >= 0.6 is 0 Å². The molecule has 0 aliphatic carbocycles. The summed E-state index contributed by atoms with van der Waals surface area (Å²) >= 11 is 0. The first-order valence-corrected chi connectivity index (χ1v) is 1.01. The Hall–Kier alpha value is -0.770. The van der Waals surface area contributed by atoms with E-state index in [0.717, 1.165) is 0 Å². The van der Waals surface area contributed by atoms with E-state index in [1.54, 1.807) is 0 Å². The summed E-state index contributed by atoms with van der Waals surface area (Å²) in [5, 5.41) is 6.16. The topological polar surface area (TPSA) is 84.2 Å². The summed E-state index contributed by atoms with van der Waals surface area (Å²) < 4.78 is 0. The highest BCUT2D eigenvalue weighted by atomic mass is 15.3. The molecule has 4 nitrogen and oxygen atoms in total. The van der Waals surface area contributed by atoms with Crippen LogP contribution < -0.4 is 17.0 Å². The summed E-state index contributed by atoms with van der Waals surface area (Å²) in [4.78, 5) is 0. The van der Waals surface area contributed by atoms with Gasteiger partial charge in [-0.15, -0.1) is 0 Å². The molecule has 28 valence electrons. The fourth-order valence-electron chi connectivity index (χ4n) is 0. The van der Waals surface area contributed by atoms with Crippen molar-refractivity contribution in [3.63, 3.8) is 0 Å².